The van der Waals surface area contributed by atoms with Crippen LogP contribution in [-0.2, 0) is 10.0 Å². The highest BCUT2D eigenvalue weighted by Gasteiger charge is 2.16. The van der Waals surface area contributed by atoms with E-state index in [-0.39, 0.29) is 4.90 Å². The van der Waals surface area contributed by atoms with E-state index in [1.54, 1.807) is 18.3 Å². The van der Waals surface area contributed by atoms with Gasteiger partial charge in [-0.2, -0.15) is 5.10 Å². The van der Waals surface area contributed by atoms with E-state index in [0.717, 1.165) is 9.37 Å². The molecule has 96 valence electrons. The Kier molecular flexibility index (Phi) is 3.98. The maximum Gasteiger partial charge on any atom is 0.263 e. The number of aromatic nitrogens is 2. The molecule has 8 heteroatoms. The van der Waals surface area contributed by atoms with Crippen LogP contribution in [0.25, 0.3) is 0 Å². The third-order valence-electron chi connectivity index (χ3n) is 2.18. The molecule has 2 aromatic rings. The minimum absolute atomic E-state index is 0.201. The molecule has 1 aromatic heterocycles. The second-order valence-corrected chi connectivity index (χ2v) is 6.82. The third kappa shape index (κ3) is 2.88. The van der Waals surface area contributed by atoms with Gasteiger partial charge in [0.15, 0.2) is 0 Å². The molecule has 0 atom stereocenters. The summed E-state index contributed by atoms with van der Waals surface area (Å²) in [5, 5.41) is 6.43. The van der Waals surface area contributed by atoms with E-state index < -0.39 is 10.0 Å². The van der Waals surface area contributed by atoms with E-state index in [0.29, 0.717) is 5.82 Å². The van der Waals surface area contributed by atoms with Crippen molar-refractivity contribution in [3.05, 3.63) is 34.9 Å². The summed E-state index contributed by atoms with van der Waals surface area (Å²) in [5.41, 5.74) is 0. The van der Waals surface area contributed by atoms with E-state index in [1.807, 2.05) is 6.26 Å². The highest BCUT2D eigenvalue weighted by molar-refractivity contribution is 9.10. The summed E-state index contributed by atoms with van der Waals surface area (Å²) in [6.45, 7) is 0. The van der Waals surface area contributed by atoms with Crippen LogP contribution in [0.15, 0.2) is 44.7 Å². The molecule has 0 unspecified atom stereocenters. The lowest BCUT2D eigenvalue weighted by atomic mass is 10.4. The second-order valence-electron chi connectivity index (χ2n) is 3.37. The number of anilines is 1. The molecule has 0 aliphatic heterocycles. The quantitative estimate of drug-likeness (QED) is 0.833. The first-order chi connectivity index (χ1) is 8.53. The van der Waals surface area contributed by atoms with Crippen LogP contribution in [0.3, 0.4) is 0 Å². The molecule has 2 rings (SSSR count). The zero-order chi connectivity index (χ0) is 13.2. The SMILES string of the molecule is CSc1cn[nH]c1NS(=O)(=O)c1ccc(Br)cc1. The Balaban J connectivity index is 2.30. The van der Waals surface area contributed by atoms with Crippen molar-refractivity contribution < 1.29 is 8.42 Å². The van der Waals surface area contributed by atoms with Gasteiger partial charge in [0.2, 0.25) is 0 Å². The van der Waals surface area contributed by atoms with Gasteiger partial charge in [0.1, 0.15) is 5.82 Å². The first kappa shape index (κ1) is 13.4. The van der Waals surface area contributed by atoms with Crippen molar-refractivity contribution in [3.8, 4) is 0 Å². The van der Waals surface area contributed by atoms with Crippen LogP contribution >= 0.6 is 27.7 Å². The maximum absolute atomic E-state index is 12.1. The van der Waals surface area contributed by atoms with Gasteiger partial charge in [0, 0.05) is 4.47 Å². The highest BCUT2D eigenvalue weighted by Crippen LogP contribution is 2.25. The zero-order valence-corrected chi connectivity index (χ0v) is 12.6. The van der Waals surface area contributed by atoms with E-state index >= 15 is 0 Å². The van der Waals surface area contributed by atoms with Gasteiger partial charge in [-0.05, 0) is 30.5 Å². The Labute approximate surface area is 118 Å². The van der Waals surface area contributed by atoms with Gasteiger partial charge in [-0.1, -0.05) is 15.9 Å². The molecule has 5 nitrogen and oxygen atoms in total. The van der Waals surface area contributed by atoms with Crippen molar-refractivity contribution in [1.29, 1.82) is 0 Å². The van der Waals surface area contributed by atoms with E-state index in [1.165, 1.54) is 23.9 Å². The number of rotatable bonds is 4. The van der Waals surface area contributed by atoms with Gasteiger partial charge in [0.25, 0.3) is 10.0 Å². The van der Waals surface area contributed by atoms with Crippen LogP contribution in [-0.4, -0.2) is 24.9 Å². The number of thioether (sulfide) groups is 1. The summed E-state index contributed by atoms with van der Waals surface area (Å²) < 4.78 is 27.5. The fourth-order valence-corrected chi connectivity index (χ4v) is 3.13. The minimum atomic E-state index is -3.59. The molecule has 0 bridgehead atoms. The fraction of sp³-hybridized carbons (Fsp3) is 0.100. The summed E-state index contributed by atoms with van der Waals surface area (Å²) in [6.07, 6.45) is 3.42. The number of benzene rings is 1. The maximum atomic E-state index is 12.1. The van der Waals surface area contributed by atoms with Crippen LogP contribution in [0.2, 0.25) is 0 Å². The van der Waals surface area contributed by atoms with E-state index in [9.17, 15) is 8.42 Å². The van der Waals surface area contributed by atoms with Gasteiger partial charge in [-0.25, -0.2) is 8.42 Å². The number of hydrogen-bond donors (Lipinski definition) is 2. The predicted octanol–water partition coefficient (Wildman–Crippen LogP) is 2.69. The van der Waals surface area contributed by atoms with E-state index in [2.05, 4.69) is 30.8 Å². The molecule has 2 N–H and O–H groups in total. The third-order valence-corrected chi connectivity index (χ3v) is 4.83. The molecule has 18 heavy (non-hydrogen) atoms. The molecular weight excluding hydrogens is 338 g/mol. The normalized spacial score (nSPS) is 11.4. The topological polar surface area (TPSA) is 74.8 Å². The summed E-state index contributed by atoms with van der Waals surface area (Å²) in [7, 11) is -3.59. The van der Waals surface area contributed by atoms with Crippen molar-refractivity contribution in [2.45, 2.75) is 9.79 Å². The molecule has 0 amide bonds. The Morgan fingerprint density at radius 1 is 1.33 bits per heavy atom. The van der Waals surface area contributed by atoms with Crippen LogP contribution in [0.5, 0.6) is 0 Å². The molecule has 0 spiro atoms. The van der Waals surface area contributed by atoms with Crippen molar-refractivity contribution in [2.24, 2.45) is 0 Å². The van der Waals surface area contributed by atoms with Gasteiger partial charge >= 0.3 is 0 Å². The number of nitrogens with one attached hydrogen (secondary N) is 2. The molecular formula is C10H10BrN3O2S2. The monoisotopic (exact) mass is 347 g/mol. The van der Waals surface area contributed by atoms with Gasteiger partial charge in [-0.15, -0.1) is 11.8 Å². The molecule has 1 heterocycles. The Morgan fingerprint density at radius 3 is 2.61 bits per heavy atom. The number of sulfonamides is 1. The van der Waals surface area contributed by atoms with Crippen LogP contribution in [0.4, 0.5) is 5.82 Å². The fourth-order valence-electron chi connectivity index (χ4n) is 1.31. The summed E-state index contributed by atoms with van der Waals surface area (Å²) in [4.78, 5) is 0.947. The molecule has 0 aliphatic rings. The van der Waals surface area contributed by atoms with Crippen LogP contribution < -0.4 is 4.72 Å². The number of halogens is 1. The standard InChI is InChI=1S/C10H10BrN3O2S2/c1-17-9-6-12-13-10(9)14-18(15,16)8-4-2-7(11)3-5-8/h2-6H,1H3,(H2,12,13,14). The minimum Gasteiger partial charge on any atom is -0.263 e. The van der Waals surface area contributed by atoms with Crippen molar-refractivity contribution >= 4 is 43.5 Å². The first-order valence-electron chi connectivity index (χ1n) is 4.88. The molecule has 0 saturated heterocycles. The molecule has 0 aliphatic carbocycles. The second kappa shape index (κ2) is 5.33. The predicted molar refractivity (Wildman–Crippen MR) is 75.3 cm³/mol. The molecule has 0 fully saturated rings. The number of hydrogen-bond acceptors (Lipinski definition) is 4. The lowest BCUT2D eigenvalue weighted by Crippen LogP contribution is -2.13. The highest BCUT2D eigenvalue weighted by atomic mass is 79.9. The summed E-state index contributed by atoms with van der Waals surface area (Å²) in [6, 6.07) is 6.41. The van der Waals surface area contributed by atoms with Crippen molar-refractivity contribution in [1.82, 2.24) is 10.2 Å². The number of H-pyrrole nitrogens is 1. The van der Waals surface area contributed by atoms with Gasteiger partial charge in [-0.3, -0.25) is 9.82 Å². The average Bonchev–Trinajstić information content (AvgIpc) is 2.76. The van der Waals surface area contributed by atoms with Crippen molar-refractivity contribution in [2.75, 3.05) is 11.0 Å². The van der Waals surface area contributed by atoms with Gasteiger partial charge < -0.3 is 0 Å². The van der Waals surface area contributed by atoms with Crippen LogP contribution in [0.1, 0.15) is 0 Å². The number of aromatic amines is 1. The Bertz CT molecular complexity index is 637. The average molecular weight is 348 g/mol. The summed E-state index contributed by atoms with van der Waals surface area (Å²) >= 11 is 4.67. The first-order valence-corrected chi connectivity index (χ1v) is 8.39. The Hall–Kier alpha value is -0.990. The summed E-state index contributed by atoms with van der Waals surface area (Å²) in [5.74, 6) is 0.380. The molecule has 0 radical (unpaired) electrons. The molecule has 1 aromatic carbocycles. The van der Waals surface area contributed by atoms with Gasteiger partial charge in [0.05, 0.1) is 16.0 Å². The number of nitrogens with zero attached hydrogens (tertiary/aromatic N) is 1. The van der Waals surface area contributed by atoms with E-state index in [4.69, 9.17) is 0 Å². The lowest BCUT2D eigenvalue weighted by molar-refractivity contribution is 0.601. The smallest absolute Gasteiger partial charge is 0.263 e. The van der Waals surface area contributed by atoms with Crippen molar-refractivity contribution in [3.63, 3.8) is 0 Å². The Morgan fingerprint density at radius 2 is 2.00 bits per heavy atom. The van der Waals surface area contributed by atoms with Crippen LogP contribution in [0, 0.1) is 0 Å². The molecule has 0 saturated carbocycles. The largest absolute Gasteiger partial charge is 0.263 e. The lowest BCUT2D eigenvalue weighted by Gasteiger charge is -2.07. The zero-order valence-electron chi connectivity index (χ0n) is 9.34.